The Morgan fingerprint density at radius 2 is 1.30 bits per heavy atom. The summed E-state index contributed by atoms with van der Waals surface area (Å²) >= 11 is 0. The molecule has 3 N–H and O–H groups in total. The largest absolute Gasteiger partial charge is 0.393 e. The quantitative estimate of drug-likeness (QED) is 0.197. The zero-order chi connectivity index (χ0) is 32.5. The van der Waals surface area contributed by atoms with Crippen molar-refractivity contribution in [2.75, 3.05) is 0 Å². The first-order valence-corrected chi connectivity index (χ1v) is 15.7. The van der Waals surface area contributed by atoms with Gasteiger partial charge in [0.1, 0.15) is 5.60 Å². The highest BCUT2D eigenvalue weighted by Gasteiger charge is 2.56. The second-order valence-electron chi connectivity index (χ2n) is 14.1. The van der Waals surface area contributed by atoms with E-state index in [2.05, 4.69) is 70.8 Å². The van der Waals surface area contributed by atoms with Gasteiger partial charge < -0.3 is 15.3 Å². The van der Waals surface area contributed by atoms with Crippen molar-refractivity contribution in [2.45, 2.75) is 119 Å². The molecule has 0 bridgehead atoms. The monoisotopic (exact) mass is 584 g/mol. The molecular formula is C40H56O3. The first kappa shape index (κ1) is 36.3. The van der Waals surface area contributed by atoms with Crippen LogP contribution in [0, 0.1) is 22.7 Å². The van der Waals surface area contributed by atoms with Gasteiger partial charge in [-0.15, -0.1) is 0 Å². The van der Waals surface area contributed by atoms with E-state index in [1.165, 1.54) is 5.57 Å². The van der Waals surface area contributed by atoms with E-state index < -0.39 is 16.6 Å². The molecule has 3 atom stereocenters. The molecule has 3 heteroatoms. The second kappa shape index (κ2) is 15.2. The van der Waals surface area contributed by atoms with Crippen molar-refractivity contribution in [1.82, 2.24) is 0 Å². The van der Waals surface area contributed by atoms with Gasteiger partial charge in [-0.25, -0.2) is 0 Å². The Morgan fingerprint density at radius 3 is 1.86 bits per heavy atom. The van der Waals surface area contributed by atoms with Gasteiger partial charge in [0.2, 0.25) is 0 Å². The van der Waals surface area contributed by atoms with Crippen molar-refractivity contribution in [2.24, 2.45) is 10.8 Å². The van der Waals surface area contributed by atoms with E-state index in [0.29, 0.717) is 12.8 Å². The predicted molar refractivity (Wildman–Crippen MR) is 184 cm³/mol. The van der Waals surface area contributed by atoms with Crippen molar-refractivity contribution in [3.8, 4) is 11.8 Å². The lowest BCUT2D eigenvalue weighted by molar-refractivity contribution is -0.194. The van der Waals surface area contributed by atoms with Crippen LogP contribution in [-0.2, 0) is 0 Å². The fourth-order valence-electron chi connectivity index (χ4n) is 6.19. The molecule has 1 fully saturated rings. The molecule has 0 radical (unpaired) electrons. The molecule has 0 saturated heterocycles. The molecule has 0 spiro atoms. The molecule has 3 nitrogen and oxygen atoms in total. The topological polar surface area (TPSA) is 60.7 Å². The maximum Gasteiger partial charge on any atom is 0.116 e. The van der Waals surface area contributed by atoms with Gasteiger partial charge in [-0.2, -0.15) is 0 Å². The van der Waals surface area contributed by atoms with Crippen LogP contribution in [0.5, 0.6) is 0 Å². The Bertz CT molecular complexity index is 1320. The molecule has 0 heterocycles. The fraction of sp³-hybridized carbons (Fsp3) is 0.500. The third-order valence-electron chi connectivity index (χ3n) is 8.93. The van der Waals surface area contributed by atoms with Crippen LogP contribution in [0.4, 0.5) is 0 Å². The molecule has 0 aromatic rings. The Morgan fingerprint density at radius 1 is 0.767 bits per heavy atom. The van der Waals surface area contributed by atoms with Gasteiger partial charge in [0.05, 0.1) is 11.7 Å². The molecule has 43 heavy (non-hydrogen) atoms. The Balaban J connectivity index is 1.95. The highest BCUT2D eigenvalue weighted by Crippen LogP contribution is 2.50. The average molecular weight is 585 g/mol. The summed E-state index contributed by atoms with van der Waals surface area (Å²) in [4.78, 5) is 0. The lowest BCUT2D eigenvalue weighted by Gasteiger charge is -2.53. The van der Waals surface area contributed by atoms with Crippen LogP contribution in [0.3, 0.4) is 0 Å². The van der Waals surface area contributed by atoms with Crippen molar-refractivity contribution in [3.63, 3.8) is 0 Å². The van der Waals surface area contributed by atoms with E-state index in [1.54, 1.807) is 13.0 Å². The van der Waals surface area contributed by atoms with E-state index >= 15 is 0 Å². The van der Waals surface area contributed by atoms with Crippen molar-refractivity contribution in [3.05, 3.63) is 106 Å². The highest BCUT2D eigenvalue weighted by atomic mass is 16.4. The predicted octanol–water partition coefficient (Wildman–Crippen LogP) is 9.19. The molecule has 2 aliphatic carbocycles. The second-order valence-corrected chi connectivity index (χ2v) is 14.1. The number of rotatable bonds is 8. The minimum Gasteiger partial charge on any atom is -0.393 e. The van der Waals surface area contributed by atoms with Crippen LogP contribution >= 0.6 is 0 Å². The van der Waals surface area contributed by atoms with Gasteiger partial charge in [0.15, 0.2) is 0 Å². The van der Waals surface area contributed by atoms with Crippen LogP contribution in [0.25, 0.3) is 0 Å². The highest BCUT2D eigenvalue weighted by molar-refractivity contribution is 5.45. The van der Waals surface area contributed by atoms with Gasteiger partial charge in [0.25, 0.3) is 0 Å². The van der Waals surface area contributed by atoms with Crippen LogP contribution in [0.2, 0.25) is 0 Å². The summed E-state index contributed by atoms with van der Waals surface area (Å²) < 4.78 is 0. The molecule has 0 aromatic carbocycles. The van der Waals surface area contributed by atoms with Crippen LogP contribution in [0.1, 0.15) is 101 Å². The van der Waals surface area contributed by atoms with Gasteiger partial charge in [-0.1, -0.05) is 129 Å². The van der Waals surface area contributed by atoms with E-state index in [-0.39, 0.29) is 11.5 Å². The lowest BCUT2D eigenvalue weighted by Crippen LogP contribution is -2.62. The van der Waals surface area contributed by atoms with E-state index in [9.17, 15) is 15.3 Å². The summed E-state index contributed by atoms with van der Waals surface area (Å²) in [6.07, 6.45) is 27.7. The molecule has 234 valence electrons. The first-order valence-electron chi connectivity index (χ1n) is 15.7. The van der Waals surface area contributed by atoms with E-state index in [4.69, 9.17) is 0 Å². The van der Waals surface area contributed by atoms with Crippen molar-refractivity contribution >= 4 is 0 Å². The van der Waals surface area contributed by atoms with Crippen molar-refractivity contribution < 1.29 is 15.3 Å². The SMILES string of the molecule is CC(C=CC1(O)C(C)(C)CCCC1(C)O)=CC=CC(C)=C/C=C/C=C(C)/C=C/C=C(\C)C#CC1=C(C)CC(O)CC1(C)C. The molecule has 0 amide bonds. The maximum atomic E-state index is 11.4. The molecule has 2 aliphatic rings. The summed E-state index contributed by atoms with van der Waals surface area (Å²) in [5, 5.41) is 32.4. The number of hydrogen-bond donors (Lipinski definition) is 3. The average Bonchev–Trinajstić information content (AvgIpc) is 2.87. The van der Waals surface area contributed by atoms with Crippen LogP contribution in [-0.4, -0.2) is 32.6 Å². The fourth-order valence-corrected chi connectivity index (χ4v) is 6.19. The Labute approximate surface area is 262 Å². The van der Waals surface area contributed by atoms with E-state index in [1.807, 2.05) is 70.2 Å². The molecule has 0 aliphatic heterocycles. The normalized spacial score (nSPS) is 29.3. The molecule has 0 aromatic heterocycles. The Kier molecular flexibility index (Phi) is 12.8. The third kappa shape index (κ3) is 10.4. The van der Waals surface area contributed by atoms with Gasteiger partial charge in [-0.3, -0.25) is 0 Å². The van der Waals surface area contributed by atoms with Gasteiger partial charge in [-0.05, 0) is 90.7 Å². The maximum absolute atomic E-state index is 11.4. The summed E-state index contributed by atoms with van der Waals surface area (Å²) in [6, 6.07) is 0. The smallest absolute Gasteiger partial charge is 0.116 e. The van der Waals surface area contributed by atoms with Gasteiger partial charge in [0, 0.05) is 11.0 Å². The van der Waals surface area contributed by atoms with Crippen LogP contribution in [0.15, 0.2) is 106 Å². The Hall–Kier alpha value is -2.90. The lowest BCUT2D eigenvalue weighted by atomic mass is 9.58. The molecular weight excluding hydrogens is 528 g/mol. The standard InChI is InChI=1S/C40H56O3/c1-30(18-13-20-32(3)22-23-36-34(5)28-35(41)29-37(36,6)7)16-11-12-17-31(2)19-14-21-33(4)24-27-40(43)38(8,9)25-15-26-39(40,10)42/h11-14,16-21,24,27,35,41-43H,15,25-26,28-29H2,1-10H3/b12-11+,18-13+,19-14?,27-24?,30-16+,31-17?,32-20+,33-21?. The van der Waals surface area contributed by atoms with Gasteiger partial charge >= 0.3 is 0 Å². The third-order valence-corrected chi connectivity index (χ3v) is 8.93. The zero-order valence-corrected chi connectivity index (χ0v) is 28.4. The molecule has 1 saturated carbocycles. The summed E-state index contributed by atoms with van der Waals surface area (Å²) in [7, 11) is 0. The number of hydrogen-bond acceptors (Lipinski definition) is 3. The minimum atomic E-state index is -1.27. The summed E-state index contributed by atoms with van der Waals surface area (Å²) in [5.74, 6) is 6.66. The minimum absolute atomic E-state index is 0.0910. The van der Waals surface area contributed by atoms with Crippen molar-refractivity contribution in [1.29, 1.82) is 0 Å². The number of allylic oxidation sites excluding steroid dienone is 16. The summed E-state index contributed by atoms with van der Waals surface area (Å²) in [5.41, 5.74) is 3.74. The molecule has 3 unspecified atom stereocenters. The summed E-state index contributed by atoms with van der Waals surface area (Å²) in [6.45, 7) is 20.3. The first-order chi connectivity index (χ1) is 19.9. The molecule has 2 rings (SSSR count). The number of aliphatic hydroxyl groups excluding tert-OH is 1. The van der Waals surface area contributed by atoms with Crippen LogP contribution < -0.4 is 0 Å². The van der Waals surface area contributed by atoms with E-state index in [0.717, 1.165) is 47.1 Å². The zero-order valence-electron chi connectivity index (χ0n) is 28.4. The number of aliphatic hydroxyl groups is 3.